The van der Waals surface area contributed by atoms with E-state index in [2.05, 4.69) is 51.1 Å². The van der Waals surface area contributed by atoms with Crippen molar-refractivity contribution in [2.45, 2.75) is 31.7 Å². The summed E-state index contributed by atoms with van der Waals surface area (Å²) in [5.74, 6) is 1.35. The van der Waals surface area contributed by atoms with Crippen LogP contribution in [0, 0.1) is 5.92 Å². The van der Waals surface area contributed by atoms with Gasteiger partial charge < -0.3 is 5.32 Å². The first-order valence-electron chi connectivity index (χ1n) is 7.30. The van der Waals surface area contributed by atoms with Gasteiger partial charge in [0, 0.05) is 12.5 Å². The molecule has 0 bridgehead atoms. The molecule has 1 N–H and O–H groups in total. The van der Waals surface area contributed by atoms with E-state index >= 15 is 0 Å². The molecule has 1 saturated carbocycles. The second-order valence-corrected chi connectivity index (χ2v) is 5.64. The second kappa shape index (κ2) is 6.13. The molecule has 0 radical (unpaired) electrons. The Morgan fingerprint density at radius 2 is 2.05 bits per heavy atom. The molecule has 1 aliphatic carbocycles. The Morgan fingerprint density at radius 3 is 2.70 bits per heavy atom. The van der Waals surface area contributed by atoms with E-state index < -0.39 is 0 Å². The van der Waals surface area contributed by atoms with E-state index in [-0.39, 0.29) is 0 Å². The predicted molar refractivity (Wildman–Crippen MR) is 77.2 cm³/mol. The van der Waals surface area contributed by atoms with Crippen molar-refractivity contribution in [2.75, 3.05) is 6.54 Å². The first-order valence-corrected chi connectivity index (χ1v) is 7.30. The number of aromatic nitrogens is 4. The van der Waals surface area contributed by atoms with Crippen LogP contribution in [-0.2, 0) is 19.9 Å². The first kappa shape index (κ1) is 13.2. The van der Waals surface area contributed by atoms with Crippen molar-refractivity contribution in [1.29, 1.82) is 0 Å². The van der Waals surface area contributed by atoms with Gasteiger partial charge in [-0.15, -0.1) is 10.2 Å². The summed E-state index contributed by atoms with van der Waals surface area (Å²) in [7, 11) is 1.81. The lowest BCUT2D eigenvalue weighted by Crippen LogP contribution is -2.27. The number of benzene rings is 1. The number of aryl methyl sites for hydroxylation is 1. The van der Waals surface area contributed by atoms with Crippen LogP contribution in [0.5, 0.6) is 0 Å². The summed E-state index contributed by atoms with van der Waals surface area (Å²) in [5.41, 5.74) is 1.37. The van der Waals surface area contributed by atoms with Gasteiger partial charge in [-0.2, -0.15) is 4.80 Å². The van der Waals surface area contributed by atoms with E-state index in [1.165, 1.54) is 23.2 Å². The van der Waals surface area contributed by atoms with Gasteiger partial charge in [-0.25, -0.2) is 0 Å². The van der Waals surface area contributed by atoms with Gasteiger partial charge in [-0.1, -0.05) is 30.3 Å². The van der Waals surface area contributed by atoms with Gasteiger partial charge in [-0.3, -0.25) is 0 Å². The molecule has 1 aromatic heterocycles. The largest absolute Gasteiger partial charge is 0.314 e. The monoisotopic (exact) mass is 271 g/mol. The standard InChI is InChI=1S/C15H21N5/c1-20-18-15(17-19-20)10-13(11-16-14-7-8-14)9-12-5-3-2-4-6-12/h2-6,13-14,16H,7-11H2,1H3. The number of tetrazole rings is 1. The highest BCUT2D eigenvalue weighted by molar-refractivity contribution is 5.15. The lowest BCUT2D eigenvalue weighted by Gasteiger charge is -2.16. The van der Waals surface area contributed by atoms with Gasteiger partial charge in [0.25, 0.3) is 0 Å². The van der Waals surface area contributed by atoms with Crippen LogP contribution in [0.4, 0.5) is 0 Å². The zero-order chi connectivity index (χ0) is 13.8. The Labute approximate surface area is 119 Å². The maximum Gasteiger partial charge on any atom is 0.175 e. The number of hydrogen-bond donors (Lipinski definition) is 1. The lowest BCUT2D eigenvalue weighted by molar-refractivity contribution is 0.459. The first-order chi connectivity index (χ1) is 9.79. The second-order valence-electron chi connectivity index (χ2n) is 5.64. The van der Waals surface area contributed by atoms with Crippen molar-refractivity contribution in [3.8, 4) is 0 Å². The van der Waals surface area contributed by atoms with E-state index in [0.29, 0.717) is 5.92 Å². The molecule has 0 aliphatic heterocycles. The van der Waals surface area contributed by atoms with Crippen LogP contribution >= 0.6 is 0 Å². The Kier molecular flexibility index (Phi) is 4.06. The van der Waals surface area contributed by atoms with E-state index in [1.807, 2.05) is 7.05 Å². The van der Waals surface area contributed by atoms with Crippen LogP contribution in [-0.4, -0.2) is 32.8 Å². The van der Waals surface area contributed by atoms with Crippen LogP contribution < -0.4 is 5.32 Å². The summed E-state index contributed by atoms with van der Waals surface area (Å²) in [4.78, 5) is 1.53. The molecule has 1 heterocycles. The van der Waals surface area contributed by atoms with Gasteiger partial charge >= 0.3 is 0 Å². The van der Waals surface area contributed by atoms with Crippen molar-refractivity contribution in [3.63, 3.8) is 0 Å². The molecular weight excluding hydrogens is 250 g/mol. The molecule has 1 unspecified atom stereocenters. The maximum absolute atomic E-state index is 4.30. The Balaban J connectivity index is 1.62. The molecule has 2 aromatic rings. The lowest BCUT2D eigenvalue weighted by atomic mass is 9.96. The van der Waals surface area contributed by atoms with Gasteiger partial charge in [0.15, 0.2) is 5.82 Å². The molecule has 0 saturated heterocycles. The van der Waals surface area contributed by atoms with Crippen LogP contribution in [0.25, 0.3) is 0 Å². The van der Waals surface area contributed by atoms with E-state index in [4.69, 9.17) is 0 Å². The Hall–Kier alpha value is -1.75. The molecular formula is C15H21N5. The topological polar surface area (TPSA) is 55.6 Å². The van der Waals surface area contributed by atoms with Crippen LogP contribution in [0.3, 0.4) is 0 Å². The molecule has 1 aliphatic rings. The van der Waals surface area contributed by atoms with Crippen molar-refractivity contribution in [3.05, 3.63) is 41.7 Å². The van der Waals surface area contributed by atoms with Crippen LogP contribution in [0.2, 0.25) is 0 Å². The molecule has 5 nitrogen and oxygen atoms in total. The highest BCUT2D eigenvalue weighted by Crippen LogP contribution is 2.20. The Bertz CT molecular complexity index is 532. The van der Waals surface area contributed by atoms with E-state index in [1.54, 1.807) is 0 Å². The summed E-state index contributed by atoms with van der Waals surface area (Å²) >= 11 is 0. The molecule has 0 amide bonds. The van der Waals surface area contributed by atoms with E-state index in [0.717, 1.165) is 31.3 Å². The zero-order valence-electron chi connectivity index (χ0n) is 11.9. The summed E-state index contributed by atoms with van der Waals surface area (Å²) < 4.78 is 0. The normalized spacial score (nSPS) is 16.2. The quantitative estimate of drug-likeness (QED) is 0.826. The maximum atomic E-state index is 4.30. The molecule has 106 valence electrons. The van der Waals surface area contributed by atoms with Crippen LogP contribution in [0.15, 0.2) is 30.3 Å². The van der Waals surface area contributed by atoms with Crippen molar-refractivity contribution in [1.82, 2.24) is 25.5 Å². The fourth-order valence-corrected chi connectivity index (χ4v) is 2.45. The van der Waals surface area contributed by atoms with Gasteiger partial charge in [-0.05, 0) is 42.5 Å². The summed E-state index contributed by atoms with van der Waals surface area (Å²) in [6.45, 7) is 1.03. The fourth-order valence-electron chi connectivity index (χ4n) is 2.45. The third kappa shape index (κ3) is 3.87. The molecule has 5 heteroatoms. The van der Waals surface area contributed by atoms with Gasteiger partial charge in [0.1, 0.15) is 0 Å². The smallest absolute Gasteiger partial charge is 0.175 e. The number of rotatable bonds is 7. The molecule has 3 rings (SSSR count). The van der Waals surface area contributed by atoms with Crippen molar-refractivity contribution >= 4 is 0 Å². The molecule has 20 heavy (non-hydrogen) atoms. The molecule has 1 aromatic carbocycles. The summed E-state index contributed by atoms with van der Waals surface area (Å²) in [5, 5.41) is 16.0. The summed E-state index contributed by atoms with van der Waals surface area (Å²) in [6.07, 6.45) is 4.57. The van der Waals surface area contributed by atoms with Crippen molar-refractivity contribution in [2.24, 2.45) is 13.0 Å². The minimum absolute atomic E-state index is 0.516. The van der Waals surface area contributed by atoms with Gasteiger partial charge in [0.05, 0.1) is 7.05 Å². The molecule has 1 fully saturated rings. The average molecular weight is 271 g/mol. The fraction of sp³-hybridized carbons (Fsp3) is 0.533. The van der Waals surface area contributed by atoms with Crippen LogP contribution in [0.1, 0.15) is 24.2 Å². The SMILES string of the molecule is Cn1nnc(CC(CNC2CC2)Cc2ccccc2)n1. The Morgan fingerprint density at radius 1 is 1.25 bits per heavy atom. The minimum Gasteiger partial charge on any atom is -0.314 e. The van der Waals surface area contributed by atoms with E-state index in [9.17, 15) is 0 Å². The number of hydrogen-bond acceptors (Lipinski definition) is 4. The molecule has 0 spiro atoms. The predicted octanol–water partition coefficient (Wildman–Crippen LogP) is 1.36. The third-order valence-electron chi connectivity index (χ3n) is 3.66. The number of nitrogens with zero attached hydrogens (tertiary/aromatic N) is 4. The number of nitrogens with one attached hydrogen (secondary N) is 1. The van der Waals surface area contributed by atoms with Crippen molar-refractivity contribution < 1.29 is 0 Å². The highest BCUT2D eigenvalue weighted by Gasteiger charge is 2.22. The average Bonchev–Trinajstić information content (AvgIpc) is 3.20. The van der Waals surface area contributed by atoms with Gasteiger partial charge in [0.2, 0.25) is 0 Å². The molecule has 1 atom stereocenters. The highest BCUT2D eigenvalue weighted by atomic mass is 15.6. The third-order valence-corrected chi connectivity index (χ3v) is 3.66. The zero-order valence-corrected chi connectivity index (χ0v) is 11.9. The minimum atomic E-state index is 0.516. The summed E-state index contributed by atoms with van der Waals surface area (Å²) in [6, 6.07) is 11.4.